The van der Waals surface area contributed by atoms with E-state index in [2.05, 4.69) is 16.2 Å². The number of aromatic nitrogens is 2. The number of fused-ring (bicyclic) bond motifs is 1. The zero-order valence-corrected chi connectivity index (χ0v) is 15.5. The highest BCUT2D eigenvalue weighted by Gasteiger charge is 2.13. The number of nitroso groups, excluding NO2 is 1. The van der Waals surface area contributed by atoms with Gasteiger partial charge < -0.3 is 4.57 Å². The molecule has 0 aliphatic rings. The first kappa shape index (κ1) is 17.8. The highest BCUT2D eigenvalue weighted by Crippen LogP contribution is 2.18. The number of ketones is 1. The summed E-state index contributed by atoms with van der Waals surface area (Å²) in [7, 11) is 0. The Balaban J connectivity index is 1.60. The minimum absolute atomic E-state index is 0.00440. The van der Waals surface area contributed by atoms with Gasteiger partial charge in [-0.2, -0.15) is 4.91 Å². The molecule has 0 atom stereocenters. The lowest BCUT2D eigenvalue weighted by molar-refractivity contribution is 0.103. The second-order valence-electron chi connectivity index (χ2n) is 6.87. The molecule has 2 aromatic carbocycles. The second kappa shape index (κ2) is 7.56. The molecule has 0 unspecified atom stereocenters. The number of aryl methyl sites for hydroxylation is 1. The highest BCUT2D eigenvalue weighted by molar-refractivity contribution is 6.08. The Morgan fingerprint density at radius 3 is 2.64 bits per heavy atom. The third-order valence-electron chi connectivity index (χ3n) is 4.78. The number of hydrogen-bond acceptors (Lipinski definition) is 4. The number of pyridine rings is 1. The number of benzene rings is 2. The van der Waals surface area contributed by atoms with Crippen LogP contribution in [0.5, 0.6) is 0 Å². The Morgan fingerprint density at radius 2 is 1.86 bits per heavy atom. The van der Waals surface area contributed by atoms with Crippen molar-refractivity contribution < 1.29 is 4.79 Å². The quantitative estimate of drug-likeness (QED) is 0.359. The van der Waals surface area contributed by atoms with Crippen molar-refractivity contribution in [2.45, 2.75) is 20.0 Å². The average Bonchev–Trinajstić information content (AvgIpc) is 3.16. The first-order valence-corrected chi connectivity index (χ1v) is 9.07. The van der Waals surface area contributed by atoms with Gasteiger partial charge in [0.15, 0.2) is 0 Å². The van der Waals surface area contributed by atoms with Gasteiger partial charge in [-0.15, -0.1) is 0 Å². The molecule has 138 valence electrons. The van der Waals surface area contributed by atoms with Gasteiger partial charge in [0.1, 0.15) is 6.54 Å². The molecule has 4 rings (SSSR count). The monoisotopic (exact) mass is 369 g/mol. The van der Waals surface area contributed by atoms with Crippen molar-refractivity contribution >= 4 is 16.7 Å². The molecule has 5 nitrogen and oxygen atoms in total. The van der Waals surface area contributed by atoms with Gasteiger partial charge in [0, 0.05) is 29.9 Å². The van der Waals surface area contributed by atoms with Crippen LogP contribution in [-0.2, 0) is 13.1 Å². The molecule has 4 aromatic rings. The zero-order chi connectivity index (χ0) is 19.5. The van der Waals surface area contributed by atoms with E-state index in [1.54, 1.807) is 6.20 Å². The van der Waals surface area contributed by atoms with E-state index in [-0.39, 0.29) is 12.3 Å². The smallest absolute Gasteiger partial charge is 0.209 e. The van der Waals surface area contributed by atoms with Crippen molar-refractivity contribution in [3.8, 4) is 0 Å². The van der Waals surface area contributed by atoms with E-state index < -0.39 is 0 Å². The minimum Gasteiger partial charge on any atom is -0.340 e. The van der Waals surface area contributed by atoms with E-state index in [9.17, 15) is 9.70 Å². The summed E-state index contributed by atoms with van der Waals surface area (Å²) in [6.45, 7) is 2.70. The average molecular weight is 369 g/mol. The Kier molecular flexibility index (Phi) is 4.81. The lowest BCUT2D eigenvalue weighted by atomic mass is 10.1. The largest absolute Gasteiger partial charge is 0.340 e. The molecule has 0 saturated heterocycles. The van der Waals surface area contributed by atoms with Crippen LogP contribution < -0.4 is 0 Å². The van der Waals surface area contributed by atoms with Crippen LogP contribution in [-0.4, -0.2) is 15.3 Å². The van der Waals surface area contributed by atoms with Crippen LogP contribution in [0.2, 0.25) is 0 Å². The second-order valence-corrected chi connectivity index (χ2v) is 6.87. The third-order valence-corrected chi connectivity index (χ3v) is 4.78. The maximum atomic E-state index is 12.9. The molecule has 2 aromatic heterocycles. The normalized spacial score (nSPS) is 10.9. The summed E-state index contributed by atoms with van der Waals surface area (Å²) in [4.78, 5) is 27.8. The molecule has 0 aliphatic heterocycles. The number of rotatable bonds is 6. The van der Waals surface area contributed by atoms with E-state index in [1.807, 2.05) is 72.3 Å². The Morgan fingerprint density at radius 1 is 1.04 bits per heavy atom. The van der Waals surface area contributed by atoms with Gasteiger partial charge in [-0.25, -0.2) is 0 Å². The van der Waals surface area contributed by atoms with Crippen LogP contribution >= 0.6 is 0 Å². The van der Waals surface area contributed by atoms with E-state index in [1.165, 1.54) is 0 Å². The van der Waals surface area contributed by atoms with Crippen molar-refractivity contribution in [1.82, 2.24) is 9.55 Å². The lowest BCUT2D eigenvalue weighted by Crippen LogP contribution is -2.10. The summed E-state index contributed by atoms with van der Waals surface area (Å²) in [5.41, 5.74) is 5.13. The predicted octanol–water partition coefficient (Wildman–Crippen LogP) is 4.89. The van der Waals surface area contributed by atoms with Crippen molar-refractivity contribution in [3.63, 3.8) is 0 Å². The summed E-state index contributed by atoms with van der Waals surface area (Å²) in [5.74, 6) is 0.00440. The van der Waals surface area contributed by atoms with Gasteiger partial charge >= 0.3 is 0 Å². The minimum atomic E-state index is 0.00440. The first-order chi connectivity index (χ1) is 13.6. The number of carbonyl (C=O) groups excluding carboxylic acids is 1. The molecule has 0 N–H and O–H groups in total. The summed E-state index contributed by atoms with van der Waals surface area (Å²) in [5, 5.41) is 3.91. The van der Waals surface area contributed by atoms with Crippen molar-refractivity contribution in [3.05, 3.63) is 106 Å². The van der Waals surface area contributed by atoms with Crippen molar-refractivity contribution in [2.75, 3.05) is 0 Å². The molecule has 0 amide bonds. The van der Waals surface area contributed by atoms with Gasteiger partial charge in [-0.1, -0.05) is 47.1 Å². The van der Waals surface area contributed by atoms with Gasteiger partial charge in [0.25, 0.3) is 0 Å². The molecule has 28 heavy (non-hydrogen) atoms. The predicted molar refractivity (Wildman–Crippen MR) is 109 cm³/mol. The van der Waals surface area contributed by atoms with E-state index >= 15 is 0 Å². The number of hydrogen-bond donors (Lipinski definition) is 0. The van der Waals surface area contributed by atoms with Crippen LogP contribution in [0.4, 0.5) is 0 Å². The molecular formula is C23H19N3O2. The molecule has 0 spiro atoms. The summed E-state index contributed by atoms with van der Waals surface area (Å²) in [6, 6.07) is 19.1. The van der Waals surface area contributed by atoms with Crippen LogP contribution in [0, 0.1) is 11.8 Å². The van der Waals surface area contributed by atoms with E-state index in [0.29, 0.717) is 17.8 Å². The fourth-order valence-electron chi connectivity index (χ4n) is 3.28. The van der Waals surface area contributed by atoms with Gasteiger partial charge in [-0.05, 0) is 42.3 Å². The highest BCUT2D eigenvalue weighted by atomic mass is 16.3. The van der Waals surface area contributed by atoms with Gasteiger partial charge in [0.2, 0.25) is 5.78 Å². The molecule has 0 bridgehead atoms. The maximum Gasteiger partial charge on any atom is 0.209 e. The third kappa shape index (κ3) is 3.60. The van der Waals surface area contributed by atoms with Crippen LogP contribution in [0.1, 0.15) is 32.7 Å². The fraction of sp³-hybridized carbons (Fsp3) is 0.130. The zero-order valence-electron chi connectivity index (χ0n) is 15.5. The van der Waals surface area contributed by atoms with Gasteiger partial charge in [0.05, 0.1) is 11.2 Å². The maximum absolute atomic E-state index is 12.9. The van der Waals surface area contributed by atoms with Crippen molar-refractivity contribution in [2.24, 2.45) is 5.18 Å². The van der Waals surface area contributed by atoms with E-state index in [4.69, 9.17) is 0 Å². The van der Waals surface area contributed by atoms with Crippen LogP contribution in [0.3, 0.4) is 0 Å². The molecule has 0 radical (unpaired) electrons. The molecule has 2 heterocycles. The first-order valence-electron chi connectivity index (χ1n) is 9.07. The topological polar surface area (TPSA) is 64.3 Å². The van der Waals surface area contributed by atoms with Crippen LogP contribution in [0.25, 0.3) is 10.9 Å². The van der Waals surface area contributed by atoms with Crippen molar-refractivity contribution in [1.29, 1.82) is 0 Å². The van der Waals surface area contributed by atoms with E-state index in [0.717, 1.165) is 27.6 Å². The molecule has 0 saturated carbocycles. The fourth-order valence-corrected chi connectivity index (χ4v) is 3.28. The van der Waals surface area contributed by atoms with Crippen LogP contribution in [0.15, 0.2) is 78.2 Å². The Labute approximate surface area is 162 Å². The lowest BCUT2D eigenvalue weighted by Gasteiger charge is -2.10. The molecule has 5 heteroatoms. The van der Waals surface area contributed by atoms with Gasteiger partial charge in [-0.3, -0.25) is 9.78 Å². The Hall–Kier alpha value is -3.60. The summed E-state index contributed by atoms with van der Waals surface area (Å²) < 4.78 is 1.94. The summed E-state index contributed by atoms with van der Waals surface area (Å²) >= 11 is 0. The summed E-state index contributed by atoms with van der Waals surface area (Å²) in [6.07, 6.45) is 3.71. The molecule has 0 aliphatic carbocycles. The molecular weight excluding hydrogens is 350 g/mol. The standard InChI is InChI=1S/C23H19N3O2/c1-16-4-7-19(8-5-16)23(27)22-3-2-10-26(22)15-18-11-20-9-6-17(14-25-28)12-21(20)24-13-18/h2-13H,14-15H2,1H3. The SMILES string of the molecule is Cc1ccc(C(=O)c2cccn2Cc2cnc3cc(CN=O)ccc3c2)cc1. The molecule has 0 fully saturated rings. The Bertz CT molecular complexity index is 1160. The number of nitrogens with zero attached hydrogens (tertiary/aromatic N) is 3. The number of carbonyl (C=O) groups is 1.